The summed E-state index contributed by atoms with van der Waals surface area (Å²) >= 11 is 1.50. The van der Waals surface area contributed by atoms with E-state index in [9.17, 15) is 14.4 Å². The largest absolute Gasteiger partial charge is 0.347 e. The summed E-state index contributed by atoms with van der Waals surface area (Å²) in [5, 5.41) is 5.23. The second kappa shape index (κ2) is 7.61. The fraction of sp³-hybridized carbons (Fsp3) is 0.211. The van der Waals surface area contributed by atoms with Gasteiger partial charge in [-0.1, -0.05) is 23.9 Å². The van der Waals surface area contributed by atoms with Crippen molar-refractivity contribution in [3.63, 3.8) is 0 Å². The van der Waals surface area contributed by atoms with Gasteiger partial charge < -0.3 is 15.5 Å². The van der Waals surface area contributed by atoms with E-state index in [1.54, 1.807) is 11.0 Å². The summed E-state index contributed by atoms with van der Waals surface area (Å²) in [4.78, 5) is 39.2. The zero-order valence-corrected chi connectivity index (χ0v) is 15.4. The first-order valence-corrected chi connectivity index (χ1v) is 9.08. The summed E-state index contributed by atoms with van der Waals surface area (Å²) in [6.45, 7) is 3.76. The molecule has 1 aliphatic heterocycles. The van der Waals surface area contributed by atoms with Crippen molar-refractivity contribution < 1.29 is 14.4 Å². The molecule has 0 fully saturated rings. The monoisotopic (exact) mass is 369 g/mol. The summed E-state index contributed by atoms with van der Waals surface area (Å²) in [6, 6.07) is 13.0. The van der Waals surface area contributed by atoms with Crippen molar-refractivity contribution in [3.05, 3.63) is 48.0 Å². The van der Waals surface area contributed by atoms with E-state index in [1.807, 2.05) is 43.3 Å². The number of fused-ring (bicyclic) bond motifs is 2. The van der Waals surface area contributed by atoms with Crippen LogP contribution in [-0.2, 0) is 9.59 Å². The predicted octanol–water partition coefficient (Wildman–Crippen LogP) is 2.89. The number of carbonyl (C=O) groups is 3. The van der Waals surface area contributed by atoms with Crippen LogP contribution in [0.5, 0.6) is 0 Å². The Hall–Kier alpha value is -2.80. The number of nitrogens with one attached hydrogen (secondary N) is 2. The number of anilines is 2. The van der Waals surface area contributed by atoms with Crippen LogP contribution < -0.4 is 15.5 Å². The highest BCUT2D eigenvalue weighted by Crippen LogP contribution is 2.42. The van der Waals surface area contributed by atoms with Crippen LogP contribution in [0.1, 0.15) is 24.2 Å². The van der Waals surface area contributed by atoms with Gasteiger partial charge in [0.1, 0.15) is 0 Å². The Bertz CT molecular complexity index is 882. The second-order valence-corrected chi connectivity index (χ2v) is 6.87. The maximum Gasteiger partial charge on any atom is 0.259 e. The van der Waals surface area contributed by atoms with Crippen LogP contribution in [-0.4, -0.2) is 30.8 Å². The molecule has 0 atom stereocenters. The first-order chi connectivity index (χ1) is 12.5. The molecule has 6 nitrogen and oxygen atoms in total. The van der Waals surface area contributed by atoms with Crippen LogP contribution in [0.3, 0.4) is 0 Å². The molecule has 0 aliphatic carbocycles. The Labute approximate surface area is 156 Å². The fourth-order valence-electron chi connectivity index (χ4n) is 2.73. The number of hydrogen-bond acceptors (Lipinski definition) is 4. The molecule has 2 aromatic carbocycles. The third-order valence-electron chi connectivity index (χ3n) is 3.93. The van der Waals surface area contributed by atoms with Crippen molar-refractivity contribution in [2.24, 2.45) is 0 Å². The number of amides is 3. The van der Waals surface area contributed by atoms with Gasteiger partial charge in [0.2, 0.25) is 11.8 Å². The molecule has 0 aromatic heterocycles. The fourth-order valence-corrected chi connectivity index (χ4v) is 3.84. The van der Waals surface area contributed by atoms with Gasteiger partial charge in [-0.05, 0) is 37.3 Å². The lowest BCUT2D eigenvalue weighted by atomic mass is 10.1. The first kappa shape index (κ1) is 18.0. The molecule has 1 heterocycles. The molecule has 0 radical (unpaired) electrons. The van der Waals surface area contributed by atoms with Crippen molar-refractivity contribution in [2.75, 3.05) is 23.3 Å². The van der Waals surface area contributed by atoms with E-state index in [0.717, 1.165) is 15.5 Å². The molecule has 3 amide bonds. The molecular weight excluding hydrogens is 350 g/mol. The van der Waals surface area contributed by atoms with Crippen LogP contribution in [0, 0.1) is 0 Å². The highest BCUT2D eigenvalue weighted by Gasteiger charge is 2.26. The summed E-state index contributed by atoms with van der Waals surface area (Å²) in [6.07, 6.45) is 0. The second-order valence-electron chi connectivity index (χ2n) is 5.79. The van der Waals surface area contributed by atoms with E-state index in [2.05, 4.69) is 10.6 Å². The zero-order valence-electron chi connectivity index (χ0n) is 14.5. The van der Waals surface area contributed by atoms with Gasteiger partial charge in [-0.2, -0.15) is 0 Å². The van der Waals surface area contributed by atoms with Gasteiger partial charge in [-0.15, -0.1) is 0 Å². The molecule has 2 aromatic rings. The quantitative estimate of drug-likeness (QED) is 0.869. The van der Waals surface area contributed by atoms with Crippen molar-refractivity contribution in [1.29, 1.82) is 0 Å². The molecule has 0 saturated heterocycles. The van der Waals surface area contributed by atoms with E-state index in [0.29, 0.717) is 17.8 Å². The van der Waals surface area contributed by atoms with E-state index < -0.39 is 0 Å². The van der Waals surface area contributed by atoms with Crippen molar-refractivity contribution in [2.45, 2.75) is 23.6 Å². The third-order valence-corrected chi connectivity index (χ3v) is 5.05. The number of hydrogen-bond donors (Lipinski definition) is 2. The molecule has 26 heavy (non-hydrogen) atoms. The normalized spacial score (nSPS) is 12.7. The van der Waals surface area contributed by atoms with Gasteiger partial charge in [0, 0.05) is 28.9 Å². The maximum absolute atomic E-state index is 12.8. The lowest BCUT2D eigenvalue weighted by Gasteiger charge is -2.21. The topological polar surface area (TPSA) is 78.5 Å². The van der Waals surface area contributed by atoms with Crippen LogP contribution in [0.25, 0.3) is 0 Å². The number of carbonyl (C=O) groups excluding carboxylic acids is 3. The maximum atomic E-state index is 12.8. The molecule has 1 aliphatic rings. The molecule has 134 valence electrons. The van der Waals surface area contributed by atoms with E-state index in [4.69, 9.17) is 0 Å². The predicted molar refractivity (Wildman–Crippen MR) is 102 cm³/mol. The SMILES string of the molecule is CCN1C(=O)c2ccccc2Sc2cc(NC(=O)CNC(C)=O)ccc21. The number of nitrogens with zero attached hydrogens (tertiary/aromatic N) is 1. The standard InChI is InChI=1S/C19H19N3O3S/c1-3-22-15-9-8-13(21-18(24)11-20-12(2)23)10-17(15)26-16-7-5-4-6-14(16)19(22)25/h4-10H,3,11H2,1-2H3,(H,20,23)(H,21,24). The Balaban J connectivity index is 1.91. The molecule has 0 saturated carbocycles. The lowest BCUT2D eigenvalue weighted by Crippen LogP contribution is -2.31. The summed E-state index contributed by atoms with van der Waals surface area (Å²) in [5.41, 5.74) is 2.11. The van der Waals surface area contributed by atoms with Crippen LogP contribution >= 0.6 is 11.8 Å². The van der Waals surface area contributed by atoms with Crippen molar-refractivity contribution >= 4 is 40.9 Å². The van der Waals surface area contributed by atoms with E-state index >= 15 is 0 Å². The number of benzene rings is 2. The summed E-state index contributed by atoms with van der Waals surface area (Å²) in [5.74, 6) is -0.592. The van der Waals surface area contributed by atoms with Gasteiger partial charge in [0.05, 0.1) is 17.8 Å². The molecule has 0 bridgehead atoms. The first-order valence-electron chi connectivity index (χ1n) is 8.26. The minimum Gasteiger partial charge on any atom is -0.347 e. The van der Waals surface area contributed by atoms with Crippen LogP contribution in [0.2, 0.25) is 0 Å². The van der Waals surface area contributed by atoms with Gasteiger partial charge in [-0.3, -0.25) is 14.4 Å². The average Bonchev–Trinajstić information content (AvgIpc) is 2.73. The summed E-state index contributed by atoms with van der Waals surface area (Å²) < 4.78 is 0. The molecule has 7 heteroatoms. The number of rotatable bonds is 4. The highest BCUT2D eigenvalue weighted by atomic mass is 32.2. The Kier molecular flexibility index (Phi) is 5.27. The van der Waals surface area contributed by atoms with Gasteiger partial charge in [-0.25, -0.2) is 0 Å². The molecule has 0 spiro atoms. The molecule has 3 rings (SSSR count). The van der Waals surface area contributed by atoms with Crippen LogP contribution in [0.4, 0.5) is 11.4 Å². The minimum absolute atomic E-state index is 0.0307. The van der Waals surface area contributed by atoms with Crippen molar-refractivity contribution in [1.82, 2.24) is 5.32 Å². The third kappa shape index (κ3) is 3.72. The Morgan fingerprint density at radius 2 is 1.88 bits per heavy atom. The van der Waals surface area contributed by atoms with Gasteiger partial charge in [0.25, 0.3) is 5.91 Å². The van der Waals surface area contributed by atoms with E-state index in [1.165, 1.54) is 18.7 Å². The zero-order chi connectivity index (χ0) is 18.7. The lowest BCUT2D eigenvalue weighted by molar-refractivity contribution is -0.122. The molecular formula is C19H19N3O3S. The Morgan fingerprint density at radius 3 is 2.62 bits per heavy atom. The molecule has 2 N–H and O–H groups in total. The summed E-state index contributed by atoms with van der Waals surface area (Å²) in [7, 11) is 0. The smallest absolute Gasteiger partial charge is 0.259 e. The van der Waals surface area contributed by atoms with Gasteiger partial charge in [0.15, 0.2) is 0 Å². The minimum atomic E-state index is -0.303. The van der Waals surface area contributed by atoms with Crippen molar-refractivity contribution in [3.8, 4) is 0 Å². The van der Waals surface area contributed by atoms with Crippen LogP contribution in [0.15, 0.2) is 52.3 Å². The Morgan fingerprint density at radius 1 is 1.12 bits per heavy atom. The van der Waals surface area contributed by atoms with Gasteiger partial charge >= 0.3 is 0 Å². The average molecular weight is 369 g/mol. The molecule has 0 unspecified atom stereocenters. The van der Waals surface area contributed by atoms with E-state index in [-0.39, 0.29) is 24.3 Å². The highest BCUT2D eigenvalue weighted by molar-refractivity contribution is 7.99.